The van der Waals surface area contributed by atoms with E-state index < -0.39 is 36.8 Å². The Balaban J connectivity index is 1.69. The van der Waals surface area contributed by atoms with E-state index >= 15 is 0 Å². The second-order valence-corrected chi connectivity index (χ2v) is 5.94. The molecule has 0 atom stereocenters. The summed E-state index contributed by atoms with van der Waals surface area (Å²) in [6, 6.07) is 11.3. The van der Waals surface area contributed by atoms with Crippen molar-refractivity contribution in [3.05, 3.63) is 59.9 Å². The van der Waals surface area contributed by atoms with Gasteiger partial charge in [0.25, 0.3) is 5.91 Å². The van der Waals surface area contributed by atoms with E-state index in [0.29, 0.717) is 23.3 Å². The molecule has 2 aromatic carbocycles. The maximum absolute atomic E-state index is 12.8. The summed E-state index contributed by atoms with van der Waals surface area (Å²) in [5.74, 6) is -1.89. The normalized spacial score (nSPS) is 10.0. The zero-order valence-corrected chi connectivity index (χ0v) is 15.6. The van der Waals surface area contributed by atoms with Gasteiger partial charge in [-0.05, 0) is 48.5 Å². The van der Waals surface area contributed by atoms with Crippen molar-refractivity contribution >= 4 is 29.8 Å². The molecule has 0 aromatic heterocycles. The Bertz CT molecular complexity index is 868. The van der Waals surface area contributed by atoms with Crippen LogP contribution in [0.4, 0.5) is 10.1 Å². The van der Waals surface area contributed by atoms with Crippen molar-refractivity contribution in [1.29, 1.82) is 0 Å². The Morgan fingerprint density at radius 3 is 2.31 bits per heavy atom. The van der Waals surface area contributed by atoms with Crippen LogP contribution in [0.15, 0.2) is 48.5 Å². The number of amides is 2. The molecule has 0 saturated carbocycles. The molecule has 2 rings (SSSR count). The zero-order valence-electron chi connectivity index (χ0n) is 15.6. The lowest BCUT2D eigenvalue weighted by molar-refractivity contribution is -0.153. The van der Waals surface area contributed by atoms with E-state index in [0.717, 1.165) is 4.90 Å². The van der Waals surface area contributed by atoms with Gasteiger partial charge < -0.3 is 19.7 Å². The van der Waals surface area contributed by atoms with Crippen molar-refractivity contribution in [3.8, 4) is 5.75 Å². The first-order chi connectivity index (χ1) is 13.9. The Morgan fingerprint density at radius 1 is 1.03 bits per heavy atom. The third-order valence-electron chi connectivity index (χ3n) is 3.66. The number of nitrogens with one attached hydrogen (secondary N) is 1. The summed E-state index contributed by atoms with van der Waals surface area (Å²) < 4.78 is 22.9. The van der Waals surface area contributed by atoms with Crippen molar-refractivity contribution in [1.82, 2.24) is 4.90 Å². The highest BCUT2D eigenvalue weighted by Gasteiger charge is 2.15. The highest BCUT2D eigenvalue weighted by atomic mass is 19.1. The van der Waals surface area contributed by atoms with Crippen LogP contribution in [0.2, 0.25) is 0 Å². The highest BCUT2D eigenvalue weighted by molar-refractivity contribution is 5.94. The van der Waals surface area contributed by atoms with Gasteiger partial charge in [0.2, 0.25) is 5.91 Å². The van der Waals surface area contributed by atoms with E-state index in [1.165, 1.54) is 55.6 Å². The van der Waals surface area contributed by atoms with Gasteiger partial charge in [-0.3, -0.25) is 14.4 Å². The maximum Gasteiger partial charge on any atom is 0.344 e. The number of esters is 1. The molecule has 9 heteroatoms. The van der Waals surface area contributed by atoms with Crippen LogP contribution in [-0.4, -0.2) is 55.8 Å². The number of hydrogen-bond acceptors (Lipinski definition) is 6. The summed E-state index contributed by atoms with van der Waals surface area (Å²) in [6.07, 6.45) is 0.681. The van der Waals surface area contributed by atoms with Crippen molar-refractivity contribution < 1.29 is 33.0 Å². The fourth-order valence-corrected chi connectivity index (χ4v) is 2.12. The molecule has 2 amide bonds. The Labute approximate surface area is 166 Å². The number of nitrogens with zero attached hydrogens (tertiary/aromatic N) is 1. The minimum atomic E-state index is -0.762. The molecule has 0 aliphatic carbocycles. The number of likely N-dealkylation sites (N-methyl/N-ethyl adjacent to an activating group) is 1. The van der Waals surface area contributed by atoms with Crippen LogP contribution in [0, 0.1) is 5.82 Å². The molecule has 0 unspecified atom stereocenters. The van der Waals surface area contributed by atoms with Crippen LogP contribution in [-0.2, 0) is 19.1 Å². The number of anilines is 1. The molecular weight excluding hydrogens is 383 g/mol. The molecule has 0 heterocycles. The van der Waals surface area contributed by atoms with E-state index in [-0.39, 0.29) is 6.54 Å². The Kier molecular flexibility index (Phi) is 7.84. The van der Waals surface area contributed by atoms with E-state index in [1.807, 2.05) is 0 Å². The molecule has 152 valence electrons. The first-order valence-electron chi connectivity index (χ1n) is 8.50. The van der Waals surface area contributed by atoms with Crippen LogP contribution in [0.1, 0.15) is 10.4 Å². The number of aldehydes is 1. The monoisotopic (exact) mass is 402 g/mol. The van der Waals surface area contributed by atoms with Gasteiger partial charge in [0, 0.05) is 18.3 Å². The second-order valence-electron chi connectivity index (χ2n) is 5.94. The van der Waals surface area contributed by atoms with Gasteiger partial charge >= 0.3 is 5.97 Å². The molecule has 8 nitrogen and oxygen atoms in total. The number of hydrogen-bond donors (Lipinski definition) is 1. The van der Waals surface area contributed by atoms with Crippen LogP contribution >= 0.6 is 0 Å². The van der Waals surface area contributed by atoms with Gasteiger partial charge in [-0.15, -0.1) is 0 Å². The molecular formula is C20H19FN2O6. The van der Waals surface area contributed by atoms with Gasteiger partial charge in [0.05, 0.1) is 6.54 Å². The third-order valence-corrected chi connectivity index (χ3v) is 3.66. The van der Waals surface area contributed by atoms with Crippen LogP contribution in [0.25, 0.3) is 0 Å². The predicted octanol–water partition coefficient (Wildman–Crippen LogP) is 1.66. The highest BCUT2D eigenvalue weighted by Crippen LogP contribution is 2.11. The first-order valence-corrected chi connectivity index (χ1v) is 8.50. The van der Waals surface area contributed by atoms with E-state index in [4.69, 9.17) is 9.47 Å². The maximum atomic E-state index is 12.8. The lowest BCUT2D eigenvalue weighted by atomic mass is 10.2. The van der Waals surface area contributed by atoms with E-state index in [2.05, 4.69) is 5.32 Å². The largest absolute Gasteiger partial charge is 0.482 e. The molecule has 0 aliphatic heterocycles. The molecule has 0 spiro atoms. The SMILES string of the molecule is CN(CC(=O)Nc1ccc(F)cc1)C(=O)COC(=O)COc1ccc(C=O)cc1. The van der Waals surface area contributed by atoms with Crippen LogP contribution in [0.3, 0.4) is 0 Å². The van der Waals surface area contributed by atoms with Crippen molar-refractivity contribution in [2.45, 2.75) is 0 Å². The molecule has 29 heavy (non-hydrogen) atoms. The summed E-state index contributed by atoms with van der Waals surface area (Å²) in [6.45, 7) is -1.23. The Morgan fingerprint density at radius 2 is 1.69 bits per heavy atom. The summed E-state index contributed by atoms with van der Waals surface area (Å²) in [5, 5.41) is 2.52. The standard InChI is InChI=1S/C20H19FN2O6/c1-23(10-18(25)22-16-6-4-15(21)5-7-16)19(26)12-29-20(27)13-28-17-8-2-14(11-24)3-9-17/h2-9,11H,10,12-13H2,1H3,(H,22,25). The lowest BCUT2D eigenvalue weighted by Crippen LogP contribution is -2.37. The summed E-state index contributed by atoms with van der Waals surface area (Å²) in [4.78, 5) is 47.2. The zero-order chi connectivity index (χ0) is 21.2. The number of benzene rings is 2. The minimum absolute atomic E-state index is 0.270. The Hall–Kier alpha value is -3.75. The van der Waals surface area contributed by atoms with Gasteiger partial charge in [-0.2, -0.15) is 0 Å². The van der Waals surface area contributed by atoms with Crippen molar-refractivity contribution in [2.24, 2.45) is 0 Å². The number of rotatable bonds is 9. The lowest BCUT2D eigenvalue weighted by Gasteiger charge is -2.17. The third kappa shape index (κ3) is 7.41. The van der Waals surface area contributed by atoms with Gasteiger partial charge in [-0.1, -0.05) is 0 Å². The fraction of sp³-hybridized carbons (Fsp3) is 0.200. The summed E-state index contributed by atoms with van der Waals surface area (Å²) in [7, 11) is 1.38. The first kappa shape index (κ1) is 21.5. The predicted molar refractivity (Wildman–Crippen MR) is 101 cm³/mol. The number of carbonyl (C=O) groups is 4. The quantitative estimate of drug-likeness (QED) is 0.506. The average molecular weight is 402 g/mol. The molecule has 0 saturated heterocycles. The van der Waals surface area contributed by atoms with Crippen LogP contribution < -0.4 is 10.1 Å². The molecule has 0 aliphatic rings. The topological polar surface area (TPSA) is 102 Å². The van der Waals surface area contributed by atoms with Crippen LogP contribution in [0.5, 0.6) is 5.75 Å². The van der Waals surface area contributed by atoms with Gasteiger partial charge in [0.15, 0.2) is 13.2 Å². The van der Waals surface area contributed by atoms with Gasteiger partial charge in [-0.25, -0.2) is 9.18 Å². The van der Waals surface area contributed by atoms with E-state index in [1.54, 1.807) is 0 Å². The number of halogens is 1. The minimum Gasteiger partial charge on any atom is -0.482 e. The summed E-state index contributed by atoms with van der Waals surface area (Å²) >= 11 is 0. The van der Waals surface area contributed by atoms with Crippen molar-refractivity contribution in [3.63, 3.8) is 0 Å². The molecule has 2 aromatic rings. The smallest absolute Gasteiger partial charge is 0.344 e. The van der Waals surface area contributed by atoms with Gasteiger partial charge in [0.1, 0.15) is 17.9 Å². The van der Waals surface area contributed by atoms with Crippen molar-refractivity contribution in [2.75, 3.05) is 32.1 Å². The molecule has 0 fully saturated rings. The average Bonchev–Trinajstić information content (AvgIpc) is 2.72. The number of carbonyl (C=O) groups excluding carboxylic acids is 4. The molecule has 0 bridgehead atoms. The summed E-state index contributed by atoms with van der Waals surface area (Å²) in [5.41, 5.74) is 0.860. The number of ether oxygens (including phenoxy) is 2. The van der Waals surface area contributed by atoms with E-state index in [9.17, 15) is 23.6 Å². The molecule has 0 radical (unpaired) electrons. The fourth-order valence-electron chi connectivity index (χ4n) is 2.12. The second kappa shape index (κ2) is 10.5. The molecule has 1 N–H and O–H groups in total.